The van der Waals surface area contributed by atoms with Crippen molar-refractivity contribution < 1.29 is 23.6 Å². The maximum absolute atomic E-state index is 13.4. The van der Waals surface area contributed by atoms with Crippen LogP contribution in [0.25, 0.3) is 11.1 Å². The van der Waals surface area contributed by atoms with Crippen molar-refractivity contribution in [1.29, 1.82) is 0 Å². The van der Waals surface area contributed by atoms with Gasteiger partial charge in [0.05, 0.1) is 18.1 Å². The van der Waals surface area contributed by atoms with Gasteiger partial charge in [0.25, 0.3) is 5.69 Å². The van der Waals surface area contributed by atoms with Crippen molar-refractivity contribution in [1.82, 2.24) is 4.90 Å². The van der Waals surface area contributed by atoms with E-state index in [1.54, 1.807) is 42.6 Å². The van der Waals surface area contributed by atoms with E-state index >= 15 is 0 Å². The summed E-state index contributed by atoms with van der Waals surface area (Å²) in [6.07, 6.45) is 0. The molecule has 0 aliphatic carbocycles. The molecule has 2 aromatic carbocycles. The number of carbonyl (C=O) groups is 2. The smallest absolute Gasteiger partial charge is 0.341 e. The summed E-state index contributed by atoms with van der Waals surface area (Å²) in [5.74, 6) is -1.24. The molecular weight excluding hydrogens is 487 g/mol. The number of nitrogens with zero attached hydrogens (tertiary/aromatic N) is 3. The molecular formula is C25H25FN4O5S. The Morgan fingerprint density at radius 1 is 1.11 bits per heavy atom. The molecule has 4 rings (SSSR count). The number of hydrogen-bond acceptors (Lipinski definition) is 8. The Labute approximate surface area is 211 Å². The third-order valence-electron chi connectivity index (χ3n) is 5.84. The van der Waals surface area contributed by atoms with Crippen LogP contribution in [0.3, 0.4) is 0 Å². The van der Waals surface area contributed by atoms with Gasteiger partial charge in [0.1, 0.15) is 22.1 Å². The number of halogens is 1. The molecule has 0 saturated carbocycles. The number of ether oxygens (including phenoxy) is 1. The van der Waals surface area contributed by atoms with Crippen LogP contribution in [-0.4, -0.2) is 61.0 Å². The van der Waals surface area contributed by atoms with E-state index in [2.05, 4.69) is 5.32 Å². The van der Waals surface area contributed by atoms with Crippen molar-refractivity contribution in [3.05, 3.63) is 75.4 Å². The number of rotatable bonds is 8. The van der Waals surface area contributed by atoms with E-state index in [1.807, 2.05) is 9.80 Å². The van der Waals surface area contributed by atoms with Gasteiger partial charge in [-0.15, -0.1) is 11.3 Å². The standard InChI is InChI=1S/C25H25FN4O5S/c1-2-35-25(32)23-19(17-7-9-18(26)10-8-17)16-36-24(23)27-22(31)15-28-11-13-29(14-12-28)20-5-3-4-6-21(20)30(33)34/h3-10,16H,2,11-15H2,1H3,(H,27,31). The van der Waals surface area contributed by atoms with Crippen molar-refractivity contribution in [2.24, 2.45) is 0 Å². The van der Waals surface area contributed by atoms with E-state index < -0.39 is 10.9 Å². The molecule has 1 saturated heterocycles. The SMILES string of the molecule is CCOC(=O)c1c(-c2ccc(F)cc2)csc1NC(=O)CN1CCN(c2ccccc2[N+](=O)[O-])CC1. The zero-order valence-corrected chi connectivity index (χ0v) is 20.4. The van der Waals surface area contributed by atoms with Gasteiger partial charge in [-0.3, -0.25) is 19.8 Å². The van der Waals surface area contributed by atoms with E-state index in [1.165, 1.54) is 29.5 Å². The molecule has 9 nitrogen and oxygen atoms in total. The van der Waals surface area contributed by atoms with Crippen LogP contribution < -0.4 is 10.2 Å². The highest BCUT2D eigenvalue weighted by atomic mass is 32.1. The van der Waals surface area contributed by atoms with Gasteiger partial charge in [-0.1, -0.05) is 24.3 Å². The molecule has 11 heteroatoms. The second kappa shape index (κ2) is 11.3. The number of piperazine rings is 1. The average Bonchev–Trinajstić information content (AvgIpc) is 3.28. The number of nitro benzene ring substituents is 1. The van der Waals surface area contributed by atoms with Crippen LogP contribution in [0.4, 0.5) is 20.8 Å². The summed E-state index contributed by atoms with van der Waals surface area (Å²) < 4.78 is 18.6. The number of thiophene rings is 1. The first-order valence-corrected chi connectivity index (χ1v) is 12.3. The lowest BCUT2D eigenvalue weighted by Gasteiger charge is -2.35. The molecule has 0 unspecified atom stereocenters. The lowest BCUT2D eigenvalue weighted by atomic mass is 10.0. The monoisotopic (exact) mass is 512 g/mol. The summed E-state index contributed by atoms with van der Waals surface area (Å²) in [5, 5.41) is 16.3. The number of hydrogen-bond donors (Lipinski definition) is 1. The van der Waals surface area contributed by atoms with Crippen LogP contribution in [0.5, 0.6) is 0 Å². The number of amides is 1. The van der Waals surface area contributed by atoms with Gasteiger partial charge >= 0.3 is 5.97 Å². The quantitative estimate of drug-likeness (QED) is 0.271. The minimum absolute atomic E-state index is 0.0600. The van der Waals surface area contributed by atoms with Crippen molar-refractivity contribution >= 4 is 39.6 Å². The second-order valence-electron chi connectivity index (χ2n) is 8.14. The summed E-state index contributed by atoms with van der Waals surface area (Å²) >= 11 is 1.20. The van der Waals surface area contributed by atoms with Crippen LogP contribution in [0.15, 0.2) is 53.9 Å². The first-order chi connectivity index (χ1) is 17.4. The summed E-state index contributed by atoms with van der Waals surface area (Å²) in [6.45, 7) is 4.17. The molecule has 188 valence electrons. The first kappa shape index (κ1) is 25.3. The fourth-order valence-corrected chi connectivity index (χ4v) is 5.07. The molecule has 1 aliphatic rings. The molecule has 3 aromatic rings. The number of esters is 1. The lowest BCUT2D eigenvalue weighted by molar-refractivity contribution is -0.384. The summed E-state index contributed by atoms with van der Waals surface area (Å²) in [4.78, 5) is 40.4. The van der Waals surface area contributed by atoms with Gasteiger partial charge in [0, 0.05) is 43.2 Å². The summed E-state index contributed by atoms with van der Waals surface area (Å²) in [7, 11) is 0. The van der Waals surface area contributed by atoms with E-state index in [9.17, 15) is 24.1 Å². The predicted molar refractivity (Wildman–Crippen MR) is 136 cm³/mol. The molecule has 0 bridgehead atoms. The predicted octanol–water partition coefficient (Wildman–Crippen LogP) is 4.40. The van der Waals surface area contributed by atoms with Gasteiger partial charge in [-0.2, -0.15) is 0 Å². The van der Waals surface area contributed by atoms with Crippen LogP contribution in [0.1, 0.15) is 17.3 Å². The second-order valence-corrected chi connectivity index (χ2v) is 9.02. The minimum Gasteiger partial charge on any atom is -0.462 e. The summed E-state index contributed by atoms with van der Waals surface area (Å²) in [6, 6.07) is 12.4. The van der Waals surface area contributed by atoms with Crippen LogP contribution in [-0.2, 0) is 9.53 Å². The van der Waals surface area contributed by atoms with E-state index in [-0.39, 0.29) is 36.1 Å². The highest BCUT2D eigenvalue weighted by Gasteiger charge is 2.26. The Hall–Kier alpha value is -3.83. The Kier molecular flexibility index (Phi) is 7.91. The van der Waals surface area contributed by atoms with Gasteiger partial charge in [-0.05, 0) is 30.7 Å². The minimum atomic E-state index is -0.563. The van der Waals surface area contributed by atoms with Crippen molar-refractivity contribution in [3.63, 3.8) is 0 Å². The highest BCUT2D eigenvalue weighted by molar-refractivity contribution is 7.15. The van der Waals surface area contributed by atoms with Gasteiger partial charge in [-0.25, -0.2) is 9.18 Å². The van der Waals surface area contributed by atoms with Crippen LogP contribution in [0.2, 0.25) is 0 Å². The maximum atomic E-state index is 13.4. The first-order valence-electron chi connectivity index (χ1n) is 11.4. The molecule has 36 heavy (non-hydrogen) atoms. The van der Waals surface area contributed by atoms with Gasteiger partial charge in [0.15, 0.2) is 0 Å². The van der Waals surface area contributed by atoms with Crippen LogP contribution >= 0.6 is 11.3 Å². The van der Waals surface area contributed by atoms with Gasteiger partial charge < -0.3 is 15.0 Å². The maximum Gasteiger partial charge on any atom is 0.341 e. The normalized spacial score (nSPS) is 13.9. The Balaban J connectivity index is 1.42. The third-order valence-corrected chi connectivity index (χ3v) is 6.73. The molecule has 1 amide bonds. The Morgan fingerprint density at radius 3 is 2.47 bits per heavy atom. The van der Waals surface area contributed by atoms with Gasteiger partial charge in [0.2, 0.25) is 5.91 Å². The van der Waals surface area contributed by atoms with E-state index in [0.717, 1.165) is 0 Å². The Bertz CT molecular complexity index is 1260. The molecule has 2 heterocycles. The zero-order valence-electron chi connectivity index (χ0n) is 19.6. The number of benzene rings is 2. The van der Waals surface area contributed by atoms with E-state index in [0.29, 0.717) is 48.0 Å². The third kappa shape index (κ3) is 5.69. The van der Waals surface area contributed by atoms with Crippen molar-refractivity contribution in [3.8, 4) is 11.1 Å². The number of nitrogens with one attached hydrogen (secondary N) is 1. The Morgan fingerprint density at radius 2 is 1.81 bits per heavy atom. The highest BCUT2D eigenvalue weighted by Crippen LogP contribution is 2.36. The van der Waals surface area contributed by atoms with Crippen molar-refractivity contribution in [2.45, 2.75) is 6.92 Å². The van der Waals surface area contributed by atoms with Crippen molar-refractivity contribution in [2.75, 3.05) is 49.5 Å². The molecule has 0 atom stereocenters. The zero-order chi connectivity index (χ0) is 25.7. The van der Waals surface area contributed by atoms with Crippen LogP contribution in [0, 0.1) is 15.9 Å². The fourth-order valence-electron chi connectivity index (χ4n) is 4.10. The lowest BCUT2D eigenvalue weighted by Crippen LogP contribution is -2.48. The average molecular weight is 513 g/mol. The molecule has 0 radical (unpaired) electrons. The fraction of sp³-hybridized carbons (Fsp3) is 0.280. The topological polar surface area (TPSA) is 105 Å². The molecule has 1 aromatic heterocycles. The molecule has 1 aliphatic heterocycles. The number of nitro groups is 1. The van der Waals surface area contributed by atoms with E-state index in [4.69, 9.17) is 4.74 Å². The number of para-hydroxylation sites is 2. The molecule has 1 fully saturated rings. The number of anilines is 2. The molecule has 0 spiro atoms. The molecule has 1 N–H and O–H groups in total. The largest absolute Gasteiger partial charge is 0.462 e. The summed E-state index contributed by atoms with van der Waals surface area (Å²) in [5.41, 5.74) is 2.07. The number of carbonyl (C=O) groups excluding carboxylic acids is 2.